The molecule has 0 atom stereocenters. The molecule has 2 aromatic rings. The maximum absolute atomic E-state index is 11.9. The number of nitrogen functional groups attached to an aromatic ring is 1. The molecule has 0 aliphatic rings. The predicted molar refractivity (Wildman–Crippen MR) is 84.3 cm³/mol. The molecule has 4 heteroatoms. The van der Waals surface area contributed by atoms with Crippen molar-refractivity contribution in [3.63, 3.8) is 0 Å². The Morgan fingerprint density at radius 3 is 2.57 bits per heavy atom. The standard InChI is InChI=1S/C17H20N2O2/c1-21-16-5-3-2-4-14(16)12-17(20)19-11-10-13-6-8-15(18)9-7-13/h2-9H,10-12,18H2,1H3,(H,19,20). The first-order valence-electron chi connectivity index (χ1n) is 6.92. The normalized spacial score (nSPS) is 10.1. The Balaban J connectivity index is 1.81. The number of amides is 1. The highest BCUT2D eigenvalue weighted by Crippen LogP contribution is 2.17. The largest absolute Gasteiger partial charge is 0.496 e. The lowest BCUT2D eigenvalue weighted by Gasteiger charge is -2.09. The second-order valence-electron chi connectivity index (χ2n) is 4.83. The molecule has 0 unspecified atom stereocenters. The zero-order valence-corrected chi connectivity index (χ0v) is 12.1. The fourth-order valence-electron chi connectivity index (χ4n) is 2.12. The molecule has 0 saturated carbocycles. The molecule has 0 spiro atoms. The Kier molecular flexibility index (Phi) is 5.21. The zero-order valence-electron chi connectivity index (χ0n) is 12.1. The first-order chi connectivity index (χ1) is 10.2. The summed E-state index contributed by atoms with van der Waals surface area (Å²) in [6.45, 7) is 0.609. The fourth-order valence-corrected chi connectivity index (χ4v) is 2.12. The van der Waals surface area contributed by atoms with Crippen LogP contribution in [-0.4, -0.2) is 19.6 Å². The summed E-state index contributed by atoms with van der Waals surface area (Å²) in [6.07, 6.45) is 1.11. The fraction of sp³-hybridized carbons (Fsp3) is 0.235. The number of nitrogens with one attached hydrogen (secondary N) is 1. The van der Waals surface area contributed by atoms with Crippen molar-refractivity contribution in [2.24, 2.45) is 0 Å². The van der Waals surface area contributed by atoms with E-state index in [0.29, 0.717) is 13.0 Å². The molecule has 0 saturated heterocycles. The molecule has 3 N–H and O–H groups in total. The van der Waals surface area contributed by atoms with E-state index in [4.69, 9.17) is 10.5 Å². The van der Waals surface area contributed by atoms with Crippen molar-refractivity contribution in [2.75, 3.05) is 19.4 Å². The number of methoxy groups -OCH3 is 1. The van der Waals surface area contributed by atoms with Gasteiger partial charge in [-0.15, -0.1) is 0 Å². The van der Waals surface area contributed by atoms with Crippen molar-refractivity contribution in [3.05, 3.63) is 59.7 Å². The lowest BCUT2D eigenvalue weighted by Crippen LogP contribution is -2.27. The Bertz CT molecular complexity index is 594. The molecule has 2 aromatic carbocycles. The number of para-hydroxylation sites is 1. The lowest BCUT2D eigenvalue weighted by atomic mass is 10.1. The van der Waals surface area contributed by atoms with Gasteiger partial charge < -0.3 is 15.8 Å². The van der Waals surface area contributed by atoms with Gasteiger partial charge in [-0.05, 0) is 30.2 Å². The van der Waals surface area contributed by atoms with Crippen molar-refractivity contribution in [2.45, 2.75) is 12.8 Å². The quantitative estimate of drug-likeness (QED) is 0.799. The number of carbonyl (C=O) groups excluding carboxylic acids is 1. The minimum atomic E-state index is -0.00468. The first-order valence-corrected chi connectivity index (χ1v) is 6.92. The summed E-state index contributed by atoms with van der Waals surface area (Å²) in [6, 6.07) is 15.2. The van der Waals surface area contributed by atoms with Gasteiger partial charge in [0.2, 0.25) is 5.91 Å². The van der Waals surface area contributed by atoms with E-state index in [0.717, 1.165) is 29.0 Å². The van der Waals surface area contributed by atoms with Gasteiger partial charge in [-0.2, -0.15) is 0 Å². The monoisotopic (exact) mass is 284 g/mol. The number of anilines is 1. The summed E-state index contributed by atoms with van der Waals surface area (Å²) in [7, 11) is 1.61. The van der Waals surface area contributed by atoms with Crippen LogP contribution in [0, 0.1) is 0 Å². The van der Waals surface area contributed by atoms with Crippen LogP contribution < -0.4 is 15.8 Å². The van der Waals surface area contributed by atoms with E-state index in [1.807, 2.05) is 48.5 Å². The van der Waals surface area contributed by atoms with Crippen LogP contribution in [0.15, 0.2) is 48.5 Å². The highest BCUT2D eigenvalue weighted by Gasteiger charge is 2.07. The van der Waals surface area contributed by atoms with E-state index in [9.17, 15) is 4.79 Å². The number of rotatable bonds is 6. The molecular formula is C17H20N2O2. The summed E-state index contributed by atoms with van der Waals surface area (Å²) >= 11 is 0. The van der Waals surface area contributed by atoms with Crippen molar-refractivity contribution in [3.8, 4) is 5.75 Å². The van der Waals surface area contributed by atoms with Crippen LogP contribution in [0.3, 0.4) is 0 Å². The van der Waals surface area contributed by atoms with Gasteiger partial charge in [0.15, 0.2) is 0 Å². The third kappa shape index (κ3) is 4.53. The molecule has 0 radical (unpaired) electrons. The lowest BCUT2D eigenvalue weighted by molar-refractivity contribution is -0.120. The molecule has 0 aliphatic carbocycles. The predicted octanol–water partition coefficient (Wildman–Crippen LogP) is 2.18. The van der Waals surface area contributed by atoms with Crippen LogP contribution in [0.4, 0.5) is 5.69 Å². The summed E-state index contributed by atoms with van der Waals surface area (Å²) in [5.41, 5.74) is 8.43. The van der Waals surface area contributed by atoms with Gasteiger partial charge in [-0.3, -0.25) is 4.79 Å². The topological polar surface area (TPSA) is 64.3 Å². The molecule has 0 aromatic heterocycles. The second kappa shape index (κ2) is 7.33. The van der Waals surface area contributed by atoms with Crippen LogP contribution in [0.25, 0.3) is 0 Å². The molecule has 0 bridgehead atoms. The van der Waals surface area contributed by atoms with Crippen molar-refractivity contribution in [1.29, 1.82) is 0 Å². The van der Waals surface area contributed by atoms with Gasteiger partial charge in [0.05, 0.1) is 13.5 Å². The third-order valence-electron chi connectivity index (χ3n) is 3.26. The molecular weight excluding hydrogens is 264 g/mol. The van der Waals surface area contributed by atoms with Crippen LogP contribution >= 0.6 is 0 Å². The molecule has 0 fully saturated rings. The third-order valence-corrected chi connectivity index (χ3v) is 3.26. The highest BCUT2D eigenvalue weighted by atomic mass is 16.5. The number of carbonyl (C=O) groups is 1. The van der Waals surface area contributed by atoms with Crippen molar-refractivity contribution >= 4 is 11.6 Å². The van der Waals surface area contributed by atoms with Crippen LogP contribution in [0.2, 0.25) is 0 Å². The van der Waals surface area contributed by atoms with Crippen molar-refractivity contribution in [1.82, 2.24) is 5.32 Å². The smallest absolute Gasteiger partial charge is 0.224 e. The Morgan fingerprint density at radius 1 is 1.14 bits per heavy atom. The van der Waals surface area contributed by atoms with Gasteiger partial charge in [-0.25, -0.2) is 0 Å². The van der Waals surface area contributed by atoms with E-state index >= 15 is 0 Å². The van der Waals surface area contributed by atoms with E-state index in [1.54, 1.807) is 7.11 Å². The average molecular weight is 284 g/mol. The highest BCUT2D eigenvalue weighted by molar-refractivity contribution is 5.79. The van der Waals surface area contributed by atoms with Crippen molar-refractivity contribution < 1.29 is 9.53 Å². The van der Waals surface area contributed by atoms with Gasteiger partial charge >= 0.3 is 0 Å². The van der Waals surface area contributed by atoms with Gasteiger partial charge in [0.25, 0.3) is 0 Å². The molecule has 21 heavy (non-hydrogen) atoms. The Morgan fingerprint density at radius 2 is 1.86 bits per heavy atom. The van der Waals surface area contributed by atoms with Gasteiger partial charge in [0, 0.05) is 17.8 Å². The number of benzene rings is 2. The number of nitrogens with two attached hydrogens (primary N) is 1. The maximum atomic E-state index is 11.9. The summed E-state index contributed by atoms with van der Waals surface area (Å²) in [4.78, 5) is 11.9. The zero-order chi connectivity index (χ0) is 15.1. The first kappa shape index (κ1) is 14.9. The van der Waals surface area contributed by atoms with E-state index in [-0.39, 0.29) is 5.91 Å². The molecule has 4 nitrogen and oxygen atoms in total. The van der Waals surface area contributed by atoms with Gasteiger partial charge in [-0.1, -0.05) is 30.3 Å². The Hall–Kier alpha value is -2.49. The minimum Gasteiger partial charge on any atom is -0.496 e. The Labute approximate surface area is 124 Å². The van der Waals surface area contributed by atoms with E-state index < -0.39 is 0 Å². The second-order valence-corrected chi connectivity index (χ2v) is 4.83. The van der Waals surface area contributed by atoms with E-state index in [2.05, 4.69) is 5.32 Å². The summed E-state index contributed by atoms with van der Waals surface area (Å²) in [5, 5.41) is 2.92. The van der Waals surface area contributed by atoms with Crippen LogP contribution in [-0.2, 0) is 17.6 Å². The average Bonchev–Trinajstić information content (AvgIpc) is 2.50. The molecule has 0 heterocycles. The van der Waals surface area contributed by atoms with Crippen LogP contribution in [0.1, 0.15) is 11.1 Å². The number of ether oxygens (including phenoxy) is 1. The maximum Gasteiger partial charge on any atom is 0.224 e. The number of hydrogen-bond donors (Lipinski definition) is 2. The number of hydrogen-bond acceptors (Lipinski definition) is 3. The minimum absolute atomic E-state index is 0.00468. The van der Waals surface area contributed by atoms with Crippen LogP contribution in [0.5, 0.6) is 5.75 Å². The molecule has 2 rings (SSSR count). The van der Waals surface area contributed by atoms with E-state index in [1.165, 1.54) is 0 Å². The molecule has 1 amide bonds. The SMILES string of the molecule is COc1ccccc1CC(=O)NCCc1ccc(N)cc1. The summed E-state index contributed by atoms with van der Waals surface area (Å²) < 4.78 is 5.24. The molecule has 0 aliphatic heterocycles. The molecule has 110 valence electrons. The summed E-state index contributed by atoms with van der Waals surface area (Å²) in [5.74, 6) is 0.737. The van der Waals surface area contributed by atoms with Gasteiger partial charge in [0.1, 0.15) is 5.75 Å².